The summed E-state index contributed by atoms with van der Waals surface area (Å²) in [5.41, 5.74) is 1.78. The summed E-state index contributed by atoms with van der Waals surface area (Å²) in [5.74, 6) is -0.744. The van der Waals surface area contributed by atoms with Crippen LogP contribution in [0.2, 0.25) is 0 Å². The molecule has 0 bridgehead atoms. The highest BCUT2D eigenvalue weighted by molar-refractivity contribution is 5.73. The van der Waals surface area contributed by atoms with Gasteiger partial charge < -0.3 is 10.4 Å². The van der Waals surface area contributed by atoms with E-state index in [-0.39, 0.29) is 6.04 Å². The highest BCUT2D eigenvalue weighted by Crippen LogP contribution is 2.24. The van der Waals surface area contributed by atoms with Crippen LogP contribution >= 0.6 is 0 Å². The lowest BCUT2D eigenvalue weighted by Gasteiger charge is -2.26. The standard InChI is InChI=1S/C15H23NO2/c1-11-5-7-12(8-6-11)9-13(16-4)10-15(2,3)14(17)18/h5-8,13,16H,9-10H2,1-4H3,(H,17,18). The van der Waals surface area contributed by atoms with E-state index in [1.54, 1.807) is 13.8 Å². The van der Waals surface area contributed by atoms with Crippen LogP contribution in [-0.4, -0.2) is 24.2 Å². The molecular formula is C15H23NO2. The third-order valence-corrected chi connectivity index (χ3v) is 3.35. The van der Waals surface area contributed by atoms with Crippen LogP contribution < -0.4 is 5.32 Å². The first kappa shape index (κ1) is 14.7. The largest absolute Gasteiger partial charge is 0.481 e. The maximum Gasteiger partial charge on any atom is 0.309 e. The van der Waals surface area contributed by atoms with E-state index in [0.29, 0.717) is 6.42 Å². The lowest BCUT2D eigenvalue weighted by atomic mass is 9.84. The Hall–Kier alpha value is -1.35. The van der Waals surface area contributed by atoms with Gasteiger partial charge in [-0.25, -0.2) is 0 Å². The van der Waals surface area contributed by atoms with Gasteiger partial charge in [0.2, 0.25) is 0 Å². The van der Waals surface area contributed by atoms with Crippen molar-refractivity contribution in [2.24, 2.45) is 5.41 Å². The Bertz CT molecular complexity index is 395. The van der Waals surface area contributed by atoms with E-state index in [1.807, 2.05) is 7.05 Å². The van der Waals surface area contributed by atoms with Crippen LogP contribution in [0.3, 0.4) is 0 Å². The van der Waals surface area contributed by atoms with Gasteiger partial charge in [0.1, 0.15) is 0 Å². The molecular weight excluding hydrogens is 226 g/mol. The molecule has 0 fully saturated rings. The molecule has 1 atom stereocenters. The van der Waals surface area contributed by atoms with Crippen molar-refractivity contribution in [1.82, 2.24) is 5.32 Å². The lowest BCUT2D eigenvalue weighted by Crippen LogP contribution is -2.36. The summed E-state index contributed by atoms with van der Waals surface area (Å²) in [5, 5.41) is 12.4. The molecule has 0 saturated heterocycles. The predicted octanol–water partition coefficient (Wildman–Crippen LogP) is 2.63. The topological polar surface area (TPSA) is 49.3 Å². The summed E-state index contributed by atoms with van der Waals surface area (Å²) in [6.07, 6.45) is 1.47. The zero-order valence-corrected chi connectivity index (χ0v) is 11.7. The van der Waals surface area contributed by atoms with E-state index in [0.717, 1.165) is 6.42 Å². The summed E-state index contributed by atoms with van der Waals surface area (Å²) in [4.78, 5) is 11.1. The Morgan fingerprint density at radius 1 is 1.33 bits per heavy atom. The highest BCUT2D eigenvalue weighted by Gasteiger charge is 2.30. The van der Waals surface area contributed by atoms with Gasteiger partial charge in [-0.3, -0.25) is 4.79 Å². The fourth-order valence-corrected chi connectivity index (χ4v) is 1.99. The van der Waals surface area contributed by atoms with Gasteiger partial charge in [0.15, 0.2) is 0 Å². The van der Waals surface area contributed by atoms with Gasteiger partial charge in [-0.2, -0.15) is 0 Å². The van der Waals surface area contributed by atoms with Crippen LogP contribution in [0.5, 0.6) is 0 Å². The van der Waals surface area contributed by atoms with Crippen LogP contribution in [-0.2, 0) is 11.2 Å². The molecule has 18 heavy (non-hydrogen) atoms. The average molecular weight is 249 g/mol. The number of aliphatic carboxylic acids is 1. The van der Waals surface area contributed by atoms with Crippen LogP contribution in [0.25, 0.3) is 0 Å². The number of aryl methyl sites for hydroxylation is 1. The second kappa shape index (κ2) is 6.01. The van der Waals surface area contributed by atoms with Crippen LogP contribution in [0.1, 0.15) is 31.4 Å². The van der Waals surface area contributed by atoms with Gasteiger partial charge in [-0.1, -0.05) is 29.8 Å². The molecule has 0 aliphatic heterocycles. The van der Waals surface area contributed by atoms with Crippen molar-refractivity contribution in [3.8, 4) is 0 Å². The third-order valence-electron chi connectivity index (χ3n) is 3.35. The zero-order valence-electron chi connectivity index (χ0n) is 11.7. The number of carboxylic acid groups (broad SMARTS) is 1. The fraction of sp³-hybridized carbons (Fsp3) is 0.533. The van der Waals surface area contributed by atoms with Crippen LogP contribution in [0, 0.1) is 12.3 Å². The summed E-state index contributed by atoms with van der Waals surface area (Å²) >= 11 is 0. The first-order valence-corrected chi connectivity index (χ1v) is 6.31. The summed E-state index contributed by atoms with van der Waals surface area (Å²) in [6, 6.07) is 8.56. The number of rotatable bonds is 6. The van der Waals surface area contributed by atoms with Crippen molar-refractivity contribution in [2.45, 2.75) is 39.7 Å². The average Bonchev–Trinajstić information content (AvgIpc) is 2.30. The molecule has 0 aromatic heterocycles. The normalized spacial score (nSPS) is 13.3. The Labute approximate surface area is 109 Å². The Kier molecular flexibility index (Phi) is 4.91. The van der Waals surface area contributed by atoms with Crippen molar-refractivity contribution in [1.29, 1.82) is 0 Å². The van der Waals surface area contributed by atoms with Gasteiger partial charge in [0, 0.05) is 6.04 Å². The molecule has 0 heterocycles. The van der Waals surface area contributed by atoms with Crippen molar-refractivity contribution in [3.05, 3.63) is 35.4 Å². The molecule has 3 nitrogen and oxygen atoms in total. The first-order chi connectivity index (χ1) is 8.35. The smallest absolute Gasteiger partial charge is 0.309 e. The number of hydrogen-bond donors (Lipinski definition) is 2. The number of likely N-dealkylation sites (N-methyl/N-ethyl adjacent to an activating group) is 1. The molecule has 0 saturated carbocycles. The van der Waals surface area contributed by atoms with Crippen molar-refractivity contribution >= 4 is 5.97 Å². The molecule has 1 aromatic rings. The maximum atomic E-state index is 11.1. The lowest BCUT2D eigenvalue weighted by molar-refractivity contribution is -0.147. The maximum absolute atomic E-state index is 11.1. The Morgan fingerprint density at radius 2 is 1.89 bits per heavy atom. The van der Waals surface area contributed by atoms with Crippen molar-refractivity contribution < 1.29 is 9.90 Å². The van der Waals surface area contributed by atoms with E-state index in [2.05, 4.69) is 36.5 Å². The monoisotopic (exact) mass is 249 g/mol. The molecule has 3 heteroatoms. The summed E-state index contributed by atoms with van der Waals surface area (Å²) in [6.45, 7) is 5.61. The molecule has 0 amide bonds. The molecule has 0 aliphatic carbocycles. The second-order valence-corrected chi connectivity index (χ2v) is 5.57. The Morgan fingerprint density at radius 3 is 2.33 bits per heavy atom. The van der Waals surface area contributed by atoms with E-state index >= 15 is 0 Å². The van der Waals surface area contributed by atoms with Crippen molar-refractivity contribution in [3.63, 3.8) is 0 Å². The summed E-state index contributed by atoms with van der Waals surface area (Å²) in [7, 11) is 1.89. The minimum atomic E-state index is -0.744. The SMILES string of the molecule is CNC(Cc1ccc(C)cc1)CC(C)(C)C(=O)O. The molecule has 0 aliphatic rings. The van der Waals surface area contributed by atoms with E-state index in [1.165, 1.54) is 11.1 Å². The number of carbonyl (C=O) groups is 1. The van der Waals surface area contributed by atoms with Gasteiger partial charge in [-0.15, -0.1) is 0 Å². The minimum Gasteiger partial charge on any atom is -0.481 e. The quantitative estimate of drug-likeness (QED) is 0.815. The molecule has 1 aromatic carbocycles. The Balaban J connectivity index is 2.68. The molecule has 0 radical (unpaired) electrons. The van der Waals surface area contributed by atoms with E-state index in [9.17, 15) is 4.79 Å². The molecule has 2 N–H and O–H groups in total. The number of benzene rings is 1. The van der Waals surface area contributed by atoms with Gasteiger partial charge in [-0.05, 0) is 46.2 Å². The van der Waals surface area contributed by atoms with Gasteiger partial charge in [0.05, 0.1) is 5.41 Å². The number of carboxylic acids is 1. The third kappa shape index (κ3) is 4.15. The molecule has 1 unspecified atom stereocenters. The van der Waals surface area contributed by atoms with E-state index < -0.39 is 11.4 Å². The first-order valence-electron chi connectivity index (χ1n) is 6.31. The number of nitrogens with one attached hydrogen (secondary N) is 1. The van der Waals surface area contributed by atoms with Crippen LogP contribution in [0.15, 0.2) is 24.3 Å². The molecule has 100 valence electrons. The zero-order chi connectivity index (χ0) is 13.8. The van der Waals surface area contributed by atoms with Crippen LogP contribution in [0.4, 0.5) is 0 Å². The molecule has 1 rings (SSSR count). The minimum absolute atomic E-state index is 0.179. The summed E-state index contributed by atoms with van der Waals surface area (Å²) < 4.78 is 0. The predicted molar refractivity (Wildman–Crippen MR) is 73.8 cm³/mol. The molecule has 0 spiro atoms. The fourth-order valence-electron chi connectivity index (χ4n) is 1.99. The van der Waals surface area contributed by atoms with Gasteiger partial charge >= 0.3 is 5.97 Å². The highest BCUT2D eigenvalue weighted by atomic mass is 16.4. The van der Waals surface area contributed by atoms with E-state index in [4.69, 9.17) is 5.11 Å². The second-order valence-electron chi connectivity index (χ2n) is 5.57. The number of hydrogen-bond acceptors (Lipinski definition) is 2. The van der Waals surface area contributed by atoms with Crippen molar-refractivity contribution in [2.75, 3.05) is 7.05 Å². The van der Waals surface area contributed by atoms with Gasteiger partial charge in [0.25, 0.3) is 0 Å².